The van der Waals surface area contributed by atoms with Crippen LogP contribution in [0.1, 0.15) is 51.3 Å². The summed E-state index contributed by atoms with van der Waals surface area (Å²) in [5.74, 6) is -0.753. The number of carbonyl (C=O) groups is 1. The third-order valence-electron chi connectivity index (χ3n) is 9.98. The van der Waals surface area contributed by atoms with E-state index in [4.69, 9.17) is 23.7 Å². The van der Waals surface area contributed by atoms with Crippen molar-refractivity contribution >= 4 is 14.0 Å². The van der Waals surface area contributed by atoms with Gasteiger partial charge in [0.05, 0.1) is 20.2 Å². The Morgan fingerprint density at radius 1 is 0.818 bits per heavy atom. The van der Waals surface area contributed by atoms with E-state index in [2.05, 4.69) is 75.6 Å². The first-order valence-electron chi connectivity index (χ1n) is 15.6. The molecule has 0 radical (unpaired) electrons. The van der Waals surface area contributed by atoms with Crippen LogP contribution in [0.25, 0.3) is 0 Å². The Kier molecular flexibility index (Phi) is 8.14. The summed E-state index contributed by atoms with van der Waals surface area (Å²) in [6, 6.07) is 30.8. The van der Waals surface area contributed by atoms with Gasteiger partial charge in [-0.1, -0.05) is 125 Å². The molecule has 8 heteroatoms. The summed E-state index contributed by atoms with van der Waals surface area (Å²) < 4.78 is 33.0. The van der Waals surface area contributed by atoms with Crippen molar-refractivity contribution in [1.82, 2.24) is 5.32 Å². The molecule has 7 nitrogen and oxygen atoms in total. The molecule has 3 saturated heterocycles. The molecular weight excluding hydrogens is 570 g/mol. The number of rotatable bonds is 9. The molecule has 3 aromatic rings. The molecule has 1 N–H and O–H groups in total. The van der Waals surface area contributed by atoms with Gasteiger partial charge in [0, 0.05) is 0 Å². The van der Waals surface area contributed by atoms with Crippen LogP contribution in [0.3, 0.4) is 0 Å². The Balaban J connectivity index is 1.34. The van der Waals surface area contributed by atoms with Gasteiger partial charge in [0.1, 0.15) is 30.1 Å². The number of carbonyl (C=O) groups excluding carboxylic acids is 1. The SMILES string of the molecule is CC1(C)O[C@H]2O[C@H](COC(c3ccccc3)(c3ccccc3)c3ccccc3)[C@H](O[C@H]3NC(=O)[C@@H]3[Si](C)(C)C(C)(C)C)[C@H]2O1. The van der Waals surface area contributed by atoms with Gasteiger partial charge in [-0.3, -0.25) is 4.79 Å². The minimum Gasteiger partial charge on any atom is -0.358 e. The van der Waals surface area contributed by atoms with E-state index in [0.29, 0.717) is 0 Å². The van der Waals surface area contributed by atoms with Crippen molar-refractivity contribution in [3.8, 4) is 0 Å². The second-order valence-electron chi connectivity index (χ2n) is 14.2. The molecule has 44 heavy (non-hydrogen) atoms. The molecule has 1 amide bonds. The Morgan fingerprint density at radius 3 is 1.77 bits per heavy atom. The number of amides is 1. The van der Waals surface area contributed by atoms with Gasteiger partial charge in [0.15, 0.2) is 12.1 Å². The summed E-state index contributed by atoms with van der Waals surface area (Å²) in [4.78, 5) is 13.0. The van der Waals surface area contributed by atoms with Crippen LogP contribution >= 0.6 is 0 Å². The lowest BCUT2D eigenvalue weighted by Gasteiger charge is -2.51. The molecule has 0 aliphatic carbocycles. The van der Waals surface area contributed by atoms with E-state index in [1.807, 2.05) is 68.4 Å². The highest BCUT2D eigenvalue weighted by Gasteiger charge is 2.61. The minimum absolute atomic E-state index is 0.0177. The monoisotopic (exact) mass is 615 g/mol. The second-order valence-corrected chi connectivity index (χ2v) is 19.8. The molecule has 6 rings (SSSR count). The van der Waals surface area contributed by atoms with Crippen molar-refractivity contribution in [1.29, 1.82) is 0 Å². The molecule has 0 aromatic heterocycles. The number of hydrogen-bond acceptors (Lipinski definition) is 6. The molecule has 3 fully saturated rings. The van der Waals surface area contributed by atoms with E-state index in [0.717, 1.165) is 16.7 Å². The van der Waals surface area contributed by atoms with Crippen molar-refractivity contribution in [2.45, 2.75) is 101 Å². The zero-order valence-corrected chi connectivity index (χ0v) is 27.8. The van der Waals surface area contributed by atoms with Crippen LogP contribution in [-0.4, -0.2) is 57.2 Å². The normalized spacial score (nSPS) is 28.3. The summed E-state index contributed by atoms with van der Waals surface area (Å²) in [5, 5.41) is 3.07. The Labute approximate surface area is 262 Å². The molecule has 3 aliphatic heterocycles. The van der Waals surface area contributed by atoms with Crippen LogP contribution in [0.4, 0.5) is 0 Å². The molecule has 234 valence electrons. The average Bonchev–Trinajstić information content (AvgIpc) is 3.45. The fourth-order valence-corrected chi connectivity index (χ4v) is 9.22. The molecule has 3 aromatic carbocycles. The fraction of sp³-hybridized carbons (Fsp3) is 0.472. The molecular formula is C36H45NO6Si. The zero-order chi connectivity index (χ0) is 31.3. The lowest BCUT2D eigenvalue weighted by Crippen LogP contribution is -2.67. The highest BCUT2D eigenvalue weighted by molar-refractivity contribution is 6.85. The van der Waals surface area contributed by atoms with Crippen molar-refractivity contribution in [2.24, 2.45) is 0 Å². The average molecular weight is 616 g/mol. The first kappa shape index (κ1) is 31.1. The van der Waals surface area contributed by atoms with Gasteiger partial charge in [0.25, 0.3) is 0 Å². The first-order valence-corrected chi connectivity index (χ1v) is 18.7. The Morgan fingerprint density at radius 2 is 1.32 bits per heavy atom. The third kappa shape index (κ3) is 5.46. The summed E-state index contributed by atoms with van der Waals surface area (Å²) in [5.41, 5.74) is 1.92. The largest absolute Gasteiger partial charge is 0.358 e. The number of nitrogens with one attached hydrogen (secondary N) is 1. The number of fused-ring (bicyclic) bond motifs is 1. The molecule has 6 atom stereocenters. The van der Waals surface area contributed by atoms with Crippen molar-refractivity contribution in [3.05, 3.63) is 108 Å². The van der Waals surface area contributed by atoms with Crippen LogP contribution in [-0.2, 0) is 34.1 Å². The maximum absolute atomic E-state index is 13.0. The van der Waals surface area contributed by atoms with Crippen LogP contribution in [0, 0.1) is 0 Å². The van der Waals surface area contributed by atoms with Gasteiger partial charge in [-0.05, 0) is 35.6 Å². The van der Waals surface area contributed by atoms with E-state index in [-0.39, 0.29) is 23.1 Å². The van der Waals surface area contributed by atoms with E-state index in [1.54, 1.807) is 0 Å². The van der Waals surface area contributed by atoms with Gasteiger partial charge in [0.2, 0.25) is 5.91 Å². The van der Waals surface area contributed by atoms with Gasteiger partial charge in [-0.2, -0.15) is 0 Å². The van der Waals surface area contributed by atoms with Crippen molar-refractivity contribution < 1.29 is 28.5 Å². The third-order valence-corrected chi connectivity index (χ3v) is 16.0. The molecule has 0 spiro atoms. The van der Waals surface area contributed by atoms with E-state index in [9.17, 15) is 4.79 Å². The molecule has 0 bridgehead atoms. The van der Waals surface area contributed by atoms with Gasteiger partial charge >= 0.3 is 0 Å². The Bertz CT molecular complexity index is 1350. The van der Waals surface area contributed by atoms with Crippen LogP contribution in [0.15, 0.2) is 91.0 Å². The summed E-state index contributed by atoms with van der Waals surface area (Å²) >= 11 is 0. The van der Waals surface area contributed by atoms with Crippen LogP contribution < -0.4 is 5.32 Å². The van der Waals surface area contributed by atoms with Gasteiger partial charge < -0.3 is 29.0 Å². The van der Waals surface area contributed by atoms with E-state index < -0.39 is 50.3 Å². The molecule has 0 saturated carbocycles. The van der Waals surface area contributed by atoms with Crippen molar-refractivity contribution in [3.63, 3.8) is 0 Å². The number of ether oxygens (including phenoxy) is 5. The smallest absolute Gasteiger partial charge is 0.226 e. The maximum atomic E-state index is 13.0. The van der Waals surface area contributed by atoms with Crippen molar-refractivity contribution in [2.75, 3.05) is 6.61 Å². The Hall–Kier alpha value is -2.85. The number of hydrogen-bond donors (Lipinski definition) is 1. The quantitative estimate of drug-likeness (QED) is 0.166. The molecule has 0 unspecified atom stereocenters. The van der Waals surface area contributed by atoms with E-state index >= 15 is 0 Å². The van der Waals surface area contributed by atoms with E-state index in [1.165, 1.54) is 0 Å². The summed E-state index contributed by atoms with van der Waals surface area (Å²) in [6.45, 7) is 15.2. The first-order chi connectivity index (χ1) is 20.8. The summed E-state index contributed by atoms with van der Waals surface area (Å²) in [6.07, 6.45) is -2.51. The predicted molar refractivity (Wildman–Crippen MR) is 172 cm³/mol. The fourth-order valence-electron chi connectivity index (χ4n) is 6.63. The van der Waals surface area contributed by atoms with Gasteiger partial charge in [-0.15, -0.1) is 0 Å². The minimum atomic E-state index is -2.07. The lowest BCUT2D eigenvalue weighted by molar-refractivity contribution is -0.233. The molecule has 3 heterocycles. The second kappa shape index (κ2) is 11.5. The zero-order valence-electron chi connectivity index (χ0n) is 26.8. The predicted octanol–water partition coefficient (Wildman–Crippen LogP) is 6.59. The maximum Gasteiger partial charge on any atom is 0.226 e. The lowest BCUT2D eigenvalue weighted by atomic mass is 9.80. The van der Waals surface area contributed by atoms with Gasteiger partial charge in [-0.25, -0.2) is 0 Å². The van der Waals surface area contributed by atoms with Crippen LogP contribution in [0.2, 0.25) is 23.7 Å². The standard InChI is InChI=1S/C36H45NO6Si/c1-34(2,3)44(6,7)30-31(38)37-32(30)41-28-27(40-33-29(28)42-35(4,5)43-33)23-39-36(24-17-11-8-12-18-24,25-19-13-9-14-20-25)26-21-15-10-16-22-26/h8-22,27-30,32-33H,23H2,1-7H3,(H,37,38)/t27-,28+,29-,30+,32-,33-/m1/s1. The summed E-state index contributed by atoms with van der Waals surface area (Å²) in [7, 11) is -2.07. The number of β-lactam (4-membered cyclic amide) rings is 1. The molecule has 3 aliphatic rings. The highest BCUT2D eigenvalue weighted by Crippen LogP contribution is 2.50. The number of benzene rings is 3. The topological polar surface area (TPSA) is 75.3 Å². The van der Waals surface area contributed by atoms with Crippen LogP contribution in [0.5, 0.6) is 0 Å². The highest BCUT2D eigenvalue weighted by atomic mass is 28.3.